The fourth-order valence-corrected chi connectivity index (χ4v) is 3.67. The summed E-state index contributed by atoms with van der Waals surface area (Å²) in [4.78, 5) is 13.1. The van der Waals surface area contributed by atoms with Crippen molar-refractivity contribution in [1.29, 1.82) is 0 Å². The number of thiophene rings is 1. The molecule has 0 spiro atoms. The van der Waals surface area contributed by atoms with Gasteiger partial charge in [0.05, 0.1) is 41.1 Å². The van der Waals surface area contributed by atoms with Gasteiger partial charge in [-0.3, -0.25) is 14.2 Å². The summed E-state index contributed by atoms with van der Waals surface area (Å²) in [6.07, 6.45) is 6.58. The molecule has 4 rings (SSSR count). The lowest BCUT2D eigenvalue weighted by Gasteiger charge is -2.02. The molecule has 9 heteroatoms. The maximum absolute atomic E-state index is 13.3. The highest BCUT2D eigenvalue weighted by Gasteiger charge is 2.11. The highest BCUT2D eigenvalue weighted by molar-refractivity contribution is 7.12. The molecule has 28 heavy (non-hydrogen) atoms. The number of anilines is 1. The fraction of sp³-hybridized carbons (Fsp3) is 0.105. The van der Waals surface area contributed by atoms with Gasteiger partial charge in [0.1, 0.15) is 5.82 Å². The van der Waals surface area contributed by atoms with Gasteiger partial charge in [-0.25, -0.2) is 4.39 Å². The number of hydrogen-bond donors (Lipinski definition) is 1. The Balaban J connectivity index is 1.38. The van der Waals surface area contributed by atoms with Crippen molar-refractivity contribution in [3.8, 4) is 0 Å². The molecule has 0 saturated heterocycles. The third-order valence-corrected chi connectivity index (χ3v) is 5.12. The number of hydrogen-bond acceptors (Lipinski definition) is 4. The Morgan fingerprint density at radius 3 is 2.68 bits per heavy atom. The molecular formula is C19H15ClFN5OS. The van der Waals surface area contributed by atoms with Gasteiger partial charge in [-0.05, 0) is 34.7 Å². The van der Waals surface area contributed by atoms with Crippen molar-refractivity contribution in [2.45, 2.75) is 13.1 Å². The van der Waals surface area contributed by atoms with Crippen molar-refractivity contribution >= 4 is 34.5 Å². The number of nitrogens with one attached hydrogen (secondary N) is 1. The summed E-state index contributed by atoms with van der Waals surface area (Å²) in [6.45, 7) is 0.964. The van der Waals surface area contributed by atoms with E-state index < -0.39 is 0 Å². The zero-order valence-corrected chi connectivity index (χ0v) is 16.1. The molecule has 0 fully saturated rings. The first kappa shape index (κ1) is 18.4. The number of amides is 1. The largest absolute Gasteiger partial charge is 0.319 e. The van der Waals surface area contributed by atoms with Crippen molar-refractivity contribution in [3.63, 3.8) is 0 Å². The second-order valence-electron chi connectivity index (χ2n) is 6.19. The van der Waals surface area contributed by atoms with Gasteiger partial charge in [-0.2, -0.15) is 10.2 Å². The molecule has 1 aromatic carbocycles. The van der Waals surface area contributed by atoms with Crippen molar-refractivity contribution in [2.75, 3.05) is 5.32 Å². The Morgan fingerprint density at radius 1 is 1.11 bits per heavy atom. The quantitative estimate of drug-likeness (QED) is 0.511. The third kappa shape index (κ3) is 4.47. The van der Waals surface area contributed by atoms with Crippen LogP contribution in [0.25, 0.3) is 0 Å². The summed E-state index contributed by atoms with van der Waals surface area (Å²) in [6, 6.07) is 8.16. The highest BCUT2D eigenvalue weighted by Crippen LogP contribution is 2.18. The van der Waals surface area contributed by atoms with Crippen LogP contribution in [0, 0.1) is 5.82 Å². The molecule has 3 heterocycles. The average molecular weight is 416 g/mol. The van der Waals surface area contributed by atoms with E-state index in [0.717, 1.165) is 11.1 Å². The van der Waals surface area contributed by atoms with Crippen molar-refractivity contribution in [2.24, 2.45) is 0 Å². The van der Waals surface area contributed by atoms with Crippen LogP contribution < -0.4 is 5.32 Å². The zero-order chi connectivity index (χ0) is 19.5. The number of halogens is 2. The number of nitrogens with zero attached hydrogens (tertiary/aromatic N) is 4. The van der Waals surface area contributed by atoms with Crippen LogP contribution >= 0.6 is 22.9 Å². The lowest BCUT2D eigenvalue weighted by molar-refractivity contribution is 0.103. The van der Waals surface area contributed by atoms with Crippen LogP contribution in [-0.2, 0) is 13.1 Å². The monoisotopic (exact) mass is 415 g/mol. The lowest BCUT2D eigenvalue weighted by atomic mass is 10.2. The second kappa shape index (κ2) is 7.95. The molecule has 4 aromatic rings. The summed E-state index contributed by atoms with van der Waals surface area (Å²) >= 11 is 7.22. The van der Waals surface area contributed by atoms with Crippen molar-refractivity contribution in [1.82, 2.24) is 19.6 Å². The molecule has 1 N–H and O–H groups in total. The Morgan fingerprint density at radius 2 is 1.89 bits per heavy atom. The van der Waals surface area contributed by atoms with Crippen LogP contribution in [0.1, 0.15) is 20.8 Å². The standard InChI is InChI=1S/C19H15ClFN5OS/c20-15-6-22-25(10-15)9-14-5-18(28-12-14)19(27)24-17-7-23-26(11-17)8-13-2-1-3-16(21)4-13/h1-7,10-12H,8-9H2,(H,24,27). The zero-order valence-electron chi connectivity index (χ0n) is 14.5. The van der Waals surface area contributed by atoms with E-state index in [9.17, 15) is 9.18 Å². The van der Waals surface area contributed by atoms with E-state index in [1.807, 2.05) is 17.5 Å². The van der Waals surface area contributed by atoms with Gasteiger partial charge >= 0.3 is 0 Å². The van der Waals surface area contributed by atoms with Crippen LogP contribution in [0.5, 0.6) is 0 Å². The molecule has 0 bridgehead atoms. The maximum Gasteiger partial charge on any atom is 0.265 e. The maximum atomic E-state index is 13.3. The number of aromatic nitrogens is 4. The molecule has 0 saturated carbocycles. The third-order valence-electron chi connectivity index (χ3n) is 3.95. The minimum atomic E-state index is -0.288. The van der Waals surface area contributed by atoms with Gasteiger partial charge < -0.3 is 5.32 Å². The van der Waals surface area contributed by atoms with Gasteiger partial charge in [0.15, 0.2) is 0 Å². The number of carbonyl (C=O) groups excluding carboxylic acids is 1. The van der Waals surface area contributed by atoms with Gasteiger partial charge in [0.2, 0.25) is 0 Å². The first-order valence-electron chi connectivity index (χ1n) is 8.39. The number of rotatable bonds is 6. The molecule has 0 atom stereocenters. The SMILES string of the molecule is O=C(Nc1cnn(Cc2cccc(F)c2)c1)c1cc(Cn2cc(Cl)cn2)cs1. The lowest BCUT2D eigenvalue weighted by Crippen LogP contribution is -2.09. The fourth-order valence-electron chi connectivity index (χ4n) is 2.72. The minimum Gasteiger partial charge on any atom is -0.319 e. The topological polar surface area (TPSA) is 64.7 Å². The molecule has 3 aromatic heterocycles. The van der Waals surface area contributed by atoms with Crippen LogP contribution in [0.4, 0.5) is 10.1 Å². The summed E-state index contributed by atoms with van der Waals surface area (Å²) in [5.41, 5.74) is 2.34. The molecule has 0 radical (unpaired) electrons. The van der Waals surface area contributed by atoms with E-state index in [4.69, 9.17) is 11.6 Å². The molecule has 0 aliphatic carbocycles. The number of carbonyl (C=O) groups is 1. The predicted molar refractivity (Wildman–Crippen MR) is 106 cm³/mol. The molecule has 0 aliphatic rings. The summed E-state index contributed by atoms with van der Waals surface area (Å²) in [5, 5.41) is 13.7. The molecular weight excluding hydrogens is 401 g/mol. The Labute approximate surface area is 169 Å². The van der Waals surface area contributed by atoms with Crippen molar-refractivity contribution < 1.29 is 9.18 Å². The Bertz CT molecular complexity index is 1120. The molecule has 1 amide bonds. The summed E-state index contributed by atoms with van der Waals surface area (Å²) < 4.78 is 16.6. The number of benzene rings is 1. The van der Waals surface area contributed by atoms with E-state index in [1.165, 1.54) is 23.5 Å². The first-order chi connectivity index (χ1) is 13.5. The van der Waals surface area contributed by atoms with E-state index >= 15 is 0 Å². The van der Waals surface area contributed by atoms with E-state index in [1.54, 1.807) is 40.2 Å². The summed E-state index contributed by atoms with van der Waals surface area (Å²) in [7, 11) is 0. The first-order valence-corrected chi connectivity index (χ1v) is 9.64. The predicted octanol–water partition coefficient (Wildman–Crippen LogP) is 4.28. The highest BCUT2D eigenvalue weighted by atomic mass is 35.5. The van der Waals surface area contributed by atoms with Crippen LogP contribution in [0.3, 0.4) is 0 Å². The summed E-state index contributed by atoms with van der Waals surface area (Å²) in [5.74, 6) is -0.496. The smallest absolute Gasteiger partial charge is 0.265 e. The molecule has 6 nitrogen and oxygen atoms in total. The molecule has 0 unspecified atom stereocenters. The van der Waals surface area contributed by atoms with Gasteiger partial charge in [-0.15, -0.1) is 11.3 Å². The molecule has 0 aliphatic heterocycles. The molecule has 142 valence electrons. The van der Waals surface area contributed by atoms with E-state index in [0.29, 0.717) is 28.7 Å². The van der Waals surface area contributed by atoms with Crippen LogP contribution in [-0.4, -0.2) is 25.5 Å². The van der Waals surface area contributed by atoms with E-state index in [-0.39, 0.29) is 11.7 Å². The average Bonchev–Trinajstić information content (AvgIpc) is 3.38. The van der Waals surface area contributed by atoms with E-state index in [2.05, 4.69) is 15.5 Å². The minimum absolute atomic E-state index is 0.208. The van der Waals surface area contributed by atoms with Crippen LogP contribution in [0.15, 0.2) is 60.5 Å². The van der Waals surface area contributed by atoms with Gasteiger partial charge in [-0.1, -0.05) is 23.7 Å². The Kier molecular flexibility index (Phi) is 5.23. The van der Waals surface area contributed by atoms with Crippen molar-refractivity contribution in [3.05, 3.63) is 87.3 Å². The second-order valence-corrected chi connectivity index (χ2v) is 7.53. The van der Waals surface area contributed by atoms with Gasteiger partial charge in [0, 0.05) is 12.4 Å². The van der Waals surface area contributed by atoms with Gasteiger partial charge in [0.25, 0.3) is 5.91 Å². The normalized spacial score (nSPS) is 10.9. The Hall–Kier alpha value is -2.97. The van der Waals surface area contributed by atoms with Crippen LogP contribution in [0.2, 0.25) is 5.02 Å².